The van der Waals surface area contributed by atoms with Crippen LogP contribution in [0.4, 0.5) is 0 Å². The average molecular weight is 139 g/mol. The van der Waals surface area contributed by atoms with Crippen molar-refractivity contribution >= 4 is 0 Å². The van der Waals surface area contributed by atoms with Gasteiger partial charge in [-0.05, 0) is 25.7 Å². The highest BCUT2D eigenvalue weighted by Gasteiger charge is 2.20. The fraction of sp³-hybridized carbons (Fsp3) is 0.875. The summed E-state index contributed by atoms with van der Waals surface area (Å²) in [5, 5.41) is 9.12. The molecule has 56 valence electrons. The van der Waals surface area contributed by atoms with Crippen molar-refractivity contribution in [3.63, 3.8) is 0 Å². The van der Waals surface area contributed by atoms with Crippen molar-refractivity contribution in [2.75, 3.05) is 6.54 Å². The summed E-state index contributed by atoms with van der Waals surface area (Å²) in [6.07, 6.45) is 3.81. The van der Waals surface area contributed by atoms with E-state index in [9.17, 15) is 0 Å². The van der Waals surface area contributed by atoms with E-state index in [-0.39, 0.29) is 6.10 Å². The highest BCUT2D eigenvalue weighted by Crippen LogP contribution is 2.23. The Labute approximate surface area is 61.7 Å². The topological polar surface area (TPSA) is 24.6 Å². The van der Waals surface area contributed by atoms with Crippen LogP contribution in [0.1, 0.15) is 25.7 Å². The van der Waals surface area contributed by atoms with E-state index in [1.807, 2.05) is 0 Å². The third-order valence-electron chi connectivity index (χ3n) is 2.17. The quantitative estimate of drug-likeness (QED) is 0.546. The van der Waals surface area contributed by atoms with Gasteiger partial charge in [-0.1, -0.05) is 0 Å². The number of aliphatic hydroxyl groups excluding tert-OH is 1. The average Bonchev–Trinajstić information content (AvgIpc) is 1.95. The molecule has 1 aliphatic rings. The van der Waals surface area contributed by atoms with E-state index in [0.717, 1.165) is 25.7 Å². The van der Waals surface area contributed by atoms with E-state index in [0.29, 0.717) is 12.5 Å². The predicted octanol–water partition coefficient (Wildman–Crippen LogP) is 1.46. The second-order valence-corrected chi connectivity index (χ2v) is 3.02. The first-order valence-electron chi connectivity index (χ1n) is 3.84. The molecule has 0 amide bonds. The molecule has 0 aromatic carbocycles. The van der Waals surface area contributed by atoms with Crippen LogP contribution in [0.2, 0.25) is 0 Å². The molecule has 0 heterocycles. The highest BCUT2D eigenvalue weighted by atomic mass is 16.3. The Balaban J connectivity index is 2.21. The zero-order valence-electron chi connectivity index (χ0n) is 6.08. The van der Waals surface area contributed by atoms with Crippen LogP contribution in [-0.2, 0) is 0 Å². The van der Waals surface area contributed by atoms with Gasteiger partial charge in [0.1, 0.15) is 0 Å². The Bertz CT molecular complexity index is 131. The second-order valence-electron chi connectivity index (χ2n) is 3.02. The van der Waals surface area contributed by atoms with Crippen LogP contribution in [0, 0.1) is 12.5 Å². The van der Waals surface area contributed by atoms with Crippen molar-refractivity contribution in [2.45, 2.75) is 31.8 Å². The van der Waals surface area contributed by atoms with Crippen molar-refractivity contribution in [2.24, 2.45) is 5.92 Å². The van der Waals surface area contributed by atoms with Gasteiger partial charge in [-0.25, -0.2) is 6.57 Å². The minimum Gasteiger partial charge on any atom is -0.393 e. The van der Waals surface area contributed by atoms with E-state index in [4.69, 9.17) is 11.7 Å². The summed E-state index contributed by atoms with van der Waals surface area (Å²) in [6, 6.07) is 0. The van der Waals surface area contributed by atoms with Crippen LogP contribution in [-0.4, -0.2) is 17.8 Å². The predicted molar refractivity (Wildman–Crippen MR) is 39.4 cm³/mol. The number of hydrogen-bond acceptors (Lipinski definition) is 1. The summed E-state index contributed by atoms with van der Waals surface area (Å²) >= 11 is 0. The van der Waals surface area contributed by atoms with E-state index < -0.39 is 0 Å². The lowest BCUT2D eigenvalue weighted by Gasteiger charge is -2.21. The van der Waals surface area contributed by atoms with Crippen LogP contribution >= 0.6 is 0 Å². The standard InChI is InChI=1S/C8H13NO/c1-9-6-7-2-4-8(10)5-3-7/h7-8,10H,2-6H2. The number of rotatable bonds is 1. The fourth-order valence-corrected chi connectivity index (χ4v) is 1.46. The minimum atomic E-state index is -0.0815. The summed E-state index contributed by atoms with van der Waals surface area (Å²) in [7, 11) is 0. The minimum absolute atomic E-state index is 0.0815. The smallest absolute Gasteiger partial charge is 0.217 e. The fourth-order valence-electron chi connectivity index (χ4n) is 1.46. The van der Waals surface area contributed by atoms with Crippen LogP contribution in [0.15, 0.2) is 0 Å². The Morgan fingerprint density at radius 1 is 1.30 bits per heavy atom. The van der Waals surface area contributed by atoms with Crippen molar-refractivity contribution in [1.82, 2.24) is 0 Å². The van der Waals surface area contributed by atoms with Crippen LogP contribution < -0.4 is 0 Å². The summed E-state index contributed by atoms with van der Waals surface area (Å²) in [6.45, 7) is 7.31. The Morgan fingerprint density at radius 3 is 2.40 bits per heavy atom. The molecule has 0 radical (unpaired) electrons. The molecule has 1 N–H and O–H groups in total. The van der Waals surface area contributed by atoms with E-state index in [2.05, 4.69) is 4.85 Å². The normalized spacial score (nSPS) is 33.2. The monoisotopic (exact) mass is 139 g/mol. The van der Waals surface area contributed by atoms with Crippen LogP contribution in [0.5, 0.6) is 0 Å². The lowest BCUT2D eigenvalue weighted by atomic mass is 9.88. The first-order valence-corrected chi connectivity index (χ1v) is 3.84. The Morgan fingerprint density at radius 2 is 1.90 bits per heavy atom. The van der Waals surface area contributed by atoms with Gasteiger partial charge in [0.2, 0.25) is 6.54 Å². The van der Waals surface area contributed by atoms with Gasteiger partial charge >= 0.3 is 0 Å². The second kappa shape index (κ2) is 3.58. The molecule has 0 atom stereocenters. The zero-order chi connectivity index (χ0) is 7.40. The van der Waals surface area contributed by atoms with Gasteiger partial charge in [-0.15, -0.1) is 0 Å². The highest BCUT2D eigenvalue weighted by molar-refractivity contribution is 4.76. The largest absolute Gasteiger partial charge is 0.393 e. The molecular formula is C8H13NO. The lowest BCUT2D eigenvalue weighted by Crippen LogP contribution is -2.19. The van der Waals surface area contributed by atoms with Gasteiger partial charge in [-0.3, -0.25) is 0 Å². The molecule has 0 aromatic heterocycles. The molecule has 0 spiro atoms. The molecule has 0 bridgehead atoms. The Kier molecular flexibility index (Phi) is 2.70. The van der Waals surface area contributed by atoms with Crippen molar-refractivity contribution < 1.29 is 5.11 Å². The maximum absolute atomic E-state index is 9.12. The maximum Gasteiger partial charge on any atom is 0.217 e. The third-order valence-corrected chi connectivity index (χ3v) is 2.17. The van der Waals surface area contributed by atoms with E-state index >= 15 is 0 Å². The van der Waals surface area contributed by atoms with Crippen molar-refractivity contribution in [1.29, 1.82) is 0 Å². The van der Waals surface area contributed by atoms with Gasteiger partial charge in [-0.2, -0.15) is 0 Å². The Hall–Kier alpha value is -0.550. The molecule has 0 aromatic rings. The van der Waals surface area contributed by atoms with Crippen LogP contribution in [0.25, 0.3) is 4.85 Å². The summed E-state index contributed by atoms with van der Waals surface area (Å²) in [5.74, 6) is 0.570. The first-order chi connectivity index (χ1) is 4.83. The van der Waals surface area contributed by atoms with E-state index in [1.165, 1.54) is 0 Å². The molecule has 1 saturated carbocycles. The van der Waals surface area contributed by atoms with Gasteiger partial charge in [0, 0.05) is 5.92 Å². The number of hydrogen-bond donors (Lipinski definition) is 1. The molecule has 1 fully saturated rings. The molecule has 0 saturated heterocycles. The van der Waals surface area contributed by atoms with Gasteiger partial charge in [0.05, 0.1) is 6.10 Å². The van der Waals surface area contributed by atoms with Gasteiger partial charge in [0.25, 0.3) is 0 Å². The molecule has 0 unspecified atom stereocenters. The molecule has 1 aliphatic carbocycles. The molecule has 2 heteroatoms. The first kappa shape index (κ1) is 7.56. The zero-order valence-corrected chi connectivity index (χ0v) is 6.08. The van der Waals surface area contributed by atoms with Gasteiger partial charge < -0.3 is 9.95 Å². The third kappa shape index (κ3) is 2.00. The molecule has 2 nitrogen and oxygen atoms in total. The summed E-state index contributed by atoms with van der Waals surface area (Å²) in [4.78, 5) is 3.35. The maximum atomic E-state index is 9.12. The summed E-state index contributed by atoms with van der Waals surface area (Å²) in [5.41, 5.74) is 0. The van der Waals surface area contributed by atoms with Crippen molar-refractivity contribution in [3.05, 3.63) is 11.4 Å². The van der Waals surface area contributed by atoms with E-state index in [1.54, 1.807) is 0 Å². The molecule has 0 aliphatic heterocycles. The van der Waals surface area contributed by atoms with Crippen molar-refractivity contribution in [3.8, 4) is 0 Å². The molecule has 1 rings (SSSR count). The molecular weight excluding hydrogens is 126 g/mol. The molecule has 10 heavy (non-hydrogen) atoms. The number of aliphatic hydroxyl groups is 1. The van der Waals surface area contributed by atoms with Gasteiger partial charge in [0.15, 0.2) is 0 Å². The lowest BCUT2D eigenvalue weighted by molar-refractivity contribution is 0.112. The SMILES string of the molecule is [C-]#[N+]CC1CCC(O)CC1. The van der Waals surface area contributed by atoms with Crippen LogP contribution in [0.3, 0.4) is 0 Å². The number of nitrogens with zero attached hydrogens (tertiary/aromatic N) is 1. The summed E-state index contributed by atoms with van der Waals surface area (Å²) < 4.78 is 0.